The zero-order valence-electron chi connectivity index (χ0n) is 12.6. The van der Waals surface area contributed by atoms with Gasteiger partial charge >= 0.3 is 6.09 Å². The number of rotatable bonds is 5. The van der Waals surface area contributed by atoms with E-state index in [-0.39, 0.29) is 6.61 Å². The number of carbonyl (C=O) groups is 1. The average molecular weight is 381 g/mol. The van der Waals surface area contributed by atoms with Crippen LogP contribution in [-0.2, 0) is 11.2 Å². The maximum absolute atomic E-state index is 11.8. The lowest BCUT2D eigenvalue weighted by atomic mass is 10.1. The molecule has 8 heteroatoms. The third-order valence-electron chi connectivity index (χ3n) is 3.25. The maximum Gasteiger partial charge on any atom is 0.409 e. The highest BCUT2D eigenvalue weighted by molar-refractivity contribution is 6.67. The van der Waals surface area contributed by atoms with Gasteiger partial charge in [0.05, 0.1) is 13.4 Å². The van der Waals surface area contributed by atoms with Crippen LogP contribution >= 0.6 is 34.8 Å². The lowest BCUT2D eigenvalue weighted by molar-refractivity contribution is 0.113. The molecule has 2 aromatic rings. The second kappa shape index (κ2) is 7.51. The molecular formula is C15H16Cl3NO4. The Hall–Kier alpha value is -1.30. The maximum atomic E-state index is 11.8. The summed E-state index contributed by atoms with van der Waals surface area (Å²) in [5.74, 6) is 0.671. The molecule has 126 valence electrons. The lowest BCUT2D eigenvalue weighted by Gasteiger charge is -2.18. The van der Waals surface area contributed by atoms with Gasteiger partial charge in [-0.1, -0.05) is 46.9 Å². The van der Waals surface area contributed by atoms with Crippen LogP contribution in [0.15, 0.2) is 28.9 Å². The summed E-state index contributed by atoms with van der Waals surface area (Å²) in [5.41, 5.74) is 1.66. The summed E-state index contributed by atoms with van der Waals surface area (Å²) in [4.78, 5) is 13.2. The molecule has 0 fully saturated rings. The van der Waals surface area contributed by atoms with Crippen LogP contribution in [0.25, 0.3) is 11.0 Å². The fraction of sp³-hybridized carbons (Fsp3) is 0.400. The van der Waals surface area contributed by atoms with Crippen molar-refractivity contribution in [1.82, 2.24) is 4.90 Å². The monoisotopic (exact) mass is 379 g/mol. The van der Waals surface area contributed by atoms with Crippen molar-refractivity contribution in [2.45, 2.75) is 10.2 Å². The van der Waals surface area contributed by atoms with Crippen molar-refractivity contribution >= 4 is 51.9 Å². The first kappa shape index (κ1) is 18.0. The van der Waals surface area contributed by atoms with Gasteiger partial charge in [-0.25, -0.2) is 4.79 Å². The summed E-state index contributed by atoms with van der Waals surface area (Å²) in [6.07, 6.45) is 1.70. The average Bonchev–Trinajstić information content (AvgIpc) is 2.92. The van der Waals surface area contributed by atoms with Crippen LogP contribution in [0.3, 0.4) is 0 Å². The number of methoxy groups -OCH3 is 1. The van der Waals surface area contributed by atoms with E-state index in [9.17, 15) is 4.79 Å². The largest absolute Gasteiger partial charge is 0.493 e. The molecular weight excluding hydrogens is 365 g/mol. The normalized spacial score (nSPS) is 11.5. The van der Waals surface area contributed by atoms with Crippen LogP contribution in [-0.4, -0.2) is 42.1 Å². The van der Waals surface area contributed by atoms with Gasteiger partial charge in [0.2, 0.25) is 3.79 Å². The number of para-hydroxylation sites is 1. The Morgan fingerprint density at radius 2 is 2.09 bits per heavy atom. The molecule has 1 amide bonds. The molecule has 0 spiro atoms. The number of likely N-dealkylation sites (N-methyl/N-ethyl adjacent to an activating group) is 1. The highest BCUT2D eigenvalue weighted by Gasteiger charge is 2.23. The molecule has 1 aromatic carbocycles. The number of carbonyl (C=O) groups excluding carboxylic acids is 1. The van der Waals surface area contributed by atoms with Crippen molar-refractivity contribution in [1.29, 1.82) is 0 Å². The summed E-state index contributed by atoms with van der Waals surface area (Å²) >= 11 is 16.6. The minimum Gasteiger partial charge on any atom is -0.493 e. The van der Waals surface area contributed by atoms with Crippen molar-refractivity contribution in [3.63, 3.8) is 0 Å². The molecule has 0 aliphatic rings. The third-order valence-corrected chi connectivity index (χ3v) is 3.58. The Labute approximate surface area is 149 Å². The van der Waals surface area contributed by atoms with Gasteiger partial charge in [0, 0.05) is 24.5 Å². The van der Waals surface area contributed by atoms with Gasteiger partial charge in [-0.3, -0.25) is 0 Å². The first-order chi connectivity index (χ1) is 10.8. The minimum absolute atomic E-state index is 0.299. The molecule has 2 rings (SSSR count). The third kappa shape index (κ3) is 4.83. The second-order valence-corrected chi connectivity index (χ2v) is 7.46. The van der Waals surface area contributed by atoms with Crippen LogP contribution in [0, 0.1) is 0 Å². The molecule has 5 nitrogen and oxygen atoms in total. The molecule has 0 aliphatic heterocycles. The summed E-state index contributed by atoms with van der Waals surface area (Å²) in [6.45, 7) is 0.136. The van der Waals surface area contributed by atoms with Crippen LogP contribution in [0.5, 0.6) is 5.75 Å². The van der Waals surface area contributed by atoms with E-state index in [1.54, 1.807) is 20.4 Å². The standard InChI is InChI=1S/C15H16Cl3NO4/c1-19(14(20)23-9-15(16,17)18)7-6-10-8-22-13-11(10)4-3-5-12(13)21-2/h3-5,8H,6-7,9H2,1-2H3. The Morgan fingerprint density at radius 3 is 2.74 bits per heavy atom. The summed E-state index contributed by atoms with van der Waals surface area (Å²) in [7, 11) is 3.20. The van der Waals surface area contributed by atoms with E-state index in [4.69, 9.17) is 48.7 Å². The van der Waals surface area contributed by atoms with Crippen LogP contribution in [0.1, 0.15) is 5.56 Å². The number of benzene rings is 1. The highest BCUT2D eigenvalue weighted by Crippen LogP contribution is 2.30. The van der Waals surface area contributed by atoms with Gasteiger partial charge in [-0.15, -0.1) is 0 Å². The quantitative estimate of drug-likeness (QED) is 0.720. The van der Waals surface area contributed by atoms with E-state index >= 15 is 0 Å². The Morgan fingerprint density at radius 1 is 1.35 bits per heavy atom. The number of furan rings is 1. The zero-order chi connectivity index (χ0) is 17.0. The van der Waals surface area contributed by atoms with Crippen molar-refractivity contribution in [2.24, 2.45) is 0 Å². The first-order valence-electron chi connectivity index (χ1n) is 6.79. The number of hydrogen-bond donors (Lipinski definition) is 0. The molecule has 0 saturated carbocycles. The van der Waals surface area contributed by atoms with Crippen molar-refractivity contribution < 1.29 is 18.7 Å². The molecule has 0 unspecified atom stereocenters. The SMILES string of the molecule is COc1cccc2c(CCN(C)C(=O)OCC(Cl)(Cl)Cl)coc12. The fourth-order valence-corrected chi connectivity index (χ4v) is 2.24. The molecule has 0 aliphatic carbocycles. The van der Waals surface area contributed by atoms with Crippen molar-refractivity contribution in [3.05, 3.63) is 30.0 Å². The number of alkyl halides is 3. The molecule has 0 N–H and O–H groups in total. The first-order valence-corrected chi connectivity index (χ1v) is 7.93. The van der Waals surface area contributed by atoms with Gasteiger partial charge in [0.25, 0.3) is 0 Å². The zero-order valence-corrected chi connectivity index (χ0v) is 14.9. The van der Waals surface area contributed by atoms with Crippen LogP contribution in [0.4, 0.5) is 4.79 Å². The summed E-state index contributed by atoms with van der Waals surface area (Å²) in [5, 5.41) is 0.951. The minimum atomic E-state index is -1.62. The van der Waals surface area contributed by atoms with Crippen LogP contribution < -0.4 is 4.74 Å². The van der Waals surface area contributed by atoms with E-state index in [0.29, 0.717) is 24.3 Å². The number of nitrogens with zero attached hydrogens (tertiary/aromatic N) is 1. The van der Waals surface area contributed by atoms with Crippen LogP contribution in [0.2, 0.25) is 0 Å². The van der Waals surface area contributed by atoms with Gasteiger partial charge in [0.1, 0.15) is 6.61 Å². The summed E-state index contributed by atoms with van der Waals surface area (Å²) in [6, 6.07) is 5.66. The Balaban J connectivity index is 1.97. The smallest absolute Gasteiger partial charge is 0.409 e. The highest BCUT2D eigenvalue weighted by atomic mass is 35.6. The van der Waals surface area contributed by atoms with E-state index < -0.39 is 9.89 Å². The molecule has 0 radical (unpaired) electrons. The topological polar surface area (TPSA) is 51.9 Å². The van der Waals surface area contributed by atoms with Crippen molar-refractivity contribution in [3.8, 4) is 5.75 Å². The van der Waals surface area contributed by atoms with E-state index in [0.717, 1.165) is 10.9 Å². The molecule has 0 saturated heterocycles. The van der Waals surface area contributed by atoms with E-state index in [2.05, 4.69) is 0 Å². The van der Waals surface area contributed by atoms with E-state index in [1.165, 1.54) is 4.90 Å². The number of hydrogen-bond acceptors (Lipinski definition) is 4. The predicted molar refractivity (Wildman–Crippen MR) is 90.7 cm³/mol. The Kier molecular flexibility index (Phi) is 5.89. The lowest BCUT2D eigenvalue weighted by Crippen LogP contribution is -2.31. The molecule has 1 heterocycles. The van der Waals surface area contributed by atoms with E-state index in [1.807, 2.05) is 18.2 Å². The van der Waals surface area contributed by atoms with Gasteiger partial charge in [-0.05, 0) is 12.5 Å². The van der Waals surface area contributed by atoms with Gasteiger partial charge in [-0.2, -0.15) is 0 Å². The fourth-order valence-electron chi connectivity index (χ4n) is 2.07. The molecule has 0 bridgehead atoms. The summed E-state index contributed by atoms with van der Waals surface area (Å²) < 4.78 is 14.1. The Bertz CT molecular complexity index is 681. The second-order valence-electron chi connectivity index (χ2n) is 4.94. The predicted octanol–water partition coefficient (Wildman–Crippen LogP) is 4.42. The molecule has 0 atom stereocenters. The van der Waals surface area contributed by atoms with Gasteiger partial charge < -0.3 is 18.8 Å². The number of ether oxygens (including phenoxy) is 2. The number of amides is 1. The number of fused-ring (bicyclic) bond motifs is 1. The number of halogens is 3. The van der Waals surface area contributed by atoms with Crippen molar-refractivity contribution in [2.75, 3.05) is 27.3 Å². The molecule has 23 heavy (non-hydrogen) atoms. The molecule has 1 aromatic heterocycles. The van der Waals surface area contributed by atoms with Gasteiger partial charge in [0.15, 0.2) is 11.3 Å².